The fourth-order valence-corrected chi connectivity index (χ4v) is 2.89. The normalized spacial score (nSPS) is 11.2. The molecule has 154 valence electrons. The summed E-state index contributed by atoms with van der Waals surface area (Å²) < 4.78 is 44.8. The summed E-state index contributed by atoms with van der Waals surface area (Å²) in [6, 6.07) is 6.21. The molecule has 30 heavy (non-hydrogen) atoms. The number of benzene rings is 2. The number of nitriles is 1. The molecule has 0 radical (unpaired) electrons. The molecule has 0 aliphatic rings. The first-order valence-corrected chi connectivity index (χ1v) is 8.48. The standard InChI is InChI=1S/C17H7Cl2F3N4O4/c18-10-3-7(26-16(29)24-15(28)12(6-23)25-26)4-11(19)14(10)30-8-1-2-13(27)9(5-8)17(20,21)22/h1-5,27H,(H,24,28,29). The average Bonchev–Trinajstić information content (AvgIpc) is 2.65. The molecule has 0 spiro atoms. The Labute approximate surface area is 174 Å². The van der Waals surface area contributed by atoms with Crippen LogP contribution in [0.3, 0.4) is 0 Å². The summed E-state index contributed by atoms with van der Waals surface area (Å²) in [6.45, 7) is 0. The van der Waals surface area contributed by atoms with Gasteiger partial charge in [0.05, 0.1) is 15.7 Å². The highest BCUT2D eigenvalue weighted by Gasteiger charge is 2.34. The molecule has 3 aromatic rings. The second kappa shape index (κ2) is 7.74. The number of hydrogen-bond acceptors (Lipinski definition) is 6. The molecule has 2 N–H and O–H groups in total. The van der Waals surface area contributed by atoms with Crippen molar-refractivity contribution in [3.05, 3.63) is 72.5 Å². The van der Waals surface area contributed by atoms with Crippen LogP contribution in [0, 0.1) is 11.3 Å². The van der Waals surface area contributed by atoms with Gasteiger partial charge in [0.25, 0.3) is 5.56 Å². The van der Waals surface area contributed by atoms with E-state index < -0.39 is 34.4 Å². The monoisotopic (exact) mass is 458 g/mol. The number of aromatic hydroxyl groups is 1. The maximum Gasteiger partial charge on any atom is 0.420 e. The van der Waals surface area contributed by atoms with Gasteiger partial charge in [-0.1, -0.05) is 23.2 Å². The van der Waals surface area contributed by atoms with Crippen molar-refractivity contribution >= 4 is 23.2 Å². The minimum absolute atomic E-state index is 0.0446. The Morgan fingerprint density at radius 2 is 1.80 bits per heavy atom. The van der Waals surface area contributed by atoms with E-state index in [-0.39, 0.29) is 27.2 Å². The summed E-state index contributed by atoms with van der Waals surface area (Å²) in [5, 5.41) is 21.4. The first-order valence-electron chi connectivity index (χ1n) is 7.72. The molecule has 0 amide bonds. The third kappa shape index (κ3) is 4.10. The summed E-state index contributed by atoms with van der Waals surface area (Å²) in [5.41, 5.74) is -3.92. The molecule has 0 saturated carbocycles. The van der Waals surface area contributed by atoms with Crippen LogP contribution < -0.4 is 16.0 Å². The predicted octanol–water partition coefficient (Wildman–Crippen LogP) is 3.62. The smallest absolute Gasteiger partial charge is 0.420 e. The third-order valence-corrected chi connectivity index (χ3v) is 4.22. The van der Waals surface area contributed by atoms with Gasteiger partial charge in [0.2, 0.25) is 5.69 Å². The lowest BCUT2D eigenvalue weighted by molar-refractivity contribution is -0.138. The fraction of sp³-hybridized carbons (Fsp3) is 0.0588. The van der Waals surface area contributed by atoms with Crippen LogP contribution in [0.1, 0.15) is 11.3 Å². The molecule has 0 aliphatic carbocycles. The number of alkyl halides is 3. The van der Waals surface area contributed by atoms with Crippen LogP contribution in [0.15, 0.2) is 39.9 Å². The lowest BCUT2D eigenvalue weighted by atomic mass is 10.2. The molecule has 1 heterocycles. The van der Waals surface area contributed by atoms with Gasteiger partial charge in [-0.05, 0) is 30.3 Å². The first kappa shape index (κ1) is 21.2. The summed E-state index contributed by atoms with van der Waals surface area (Å²) in [5.74, 6) is -1.54. The second-order valence-electron chi connectivity index (χ2n) is 5.65. The van der Waals surface area contributed by atoms with Crippen molar-refractivity contribution in [3.63, 3.8) is 0 Å². The van der Waals surface area contributed by atoms with Gasteiger partial charge in [0.15, 0.2) is 5.75 Å². The number of nitrogens with zero attached hydrogens (tertiary/aromatic N) is 3. The molecule has 0 saturated heterocycles. The SMILES string of the molecule is N#Cc1nn(-c2cc(Cl)c(Oc3ccc(O)c(C(F)(F)F)c3)c(Cl)c2)c(=O)[nH]c1=O. The van der Waals surface area contributed by atoms with Crippen LogP contribution in [0.4, 0.5) is 13.2 Å². The van der Waals surface area contributed by atoms with E-state index in [1.54, 1.807) is 0 Å². The molecule has 0 atom stereocenters. The number of phenols is 1. The maximum atomic E-state index is 12.9. The summed E-state index contributed by atoms with van der Waals surface area (Å²) in [6.07, 6.45) is -4.82. The molecule has 0 fully saturated rings. The second-order valence-corrected chi connectivity index (χ2v) is 6.46. The van der Waals surface area contributed by atoms with Gasteiger partial charge in [-0.25, -0.2) is 4.79 Å². The van der Waals surface area contributed by atoms with Gasteiger partial charge < -0.3 is 9.84 Å². The Balaban J connectivity index is 2.05. The molecule has 3 rings (SSSR count). The van der Waals surface area contributed by atoms with Crippen molar-refractivity contribution in [2.75, 3.05) is 0 Å². The number of nitrogens with one attached hydrogen (secondary N) is 1. The highest BCUT2D eigenvalue weighted by atomic mass is 35.5. The topological polar surface area (TPSA) is 121 Å². The number of phenolic OH excluding ortho intramolecular Hbond substituents is 1. The average molecular weight is 459 g/mol. The largest absolute Gasteiger partial charge is 0.507 e. The van der Waals surface area contributed by atoms with Crippen molar-refractivity contribution in [3.8, 4) is 29.0 Å². The molecule has 1 aromatic heterocycles. The molecule has 0 bridgehead atoms. The number of ether oxygens (including phenoxy) is 1. The summed E-state index contributed by atoms with van der Waals surface area (Å²) >= 11 is 12.2. The Morgan fingerprint density at radius 1 is 1.17 bits per heavy atom. The minimum Gasteiger partial charge on any atom is -0.507 e. The van der Waals surface area contributed by atoms with Crippen molar-refractivity contribution in [2.45, 2.75) is 6.18 Å². The van der Waals surface area contributed by atoms with Gasteiger partial charge in [-0.15, -0.1) is 5.10 Å². The van der Waals surface area contributed by atoms with E-state index in [0.29, 0.717) is 10.7 Å². The number of rotatable bonds is 3. The van der Waals surface area contributed by atoms with Crippen LogP contribution >= 0.6 is 23.2 Å². The zero-order chi connectivity index (χ0) is 22.2. The van der Waals surface area contributed by atoms with Crippen molar-refractivity contribution in [1.29, 1.82) is 5.26 Å². The van der Waals surface area contributed by atoms with E-state index in [1.165, 1.54) is 6.07 Å². The lowest BCUT2D eigenvalue weighted by Crippen LogP contribution is -2.33. The van der Waals surface area contributed by atoms with E-state index in [1.807, 2.05) is 4.98 Å². The fourth-order valence-electron chi connectivity index (χ4n) is 2.34. The van der Waals surface area contributed by atoms with Gasteiger partial charge in [0, 0.05) is 0 Å². The number of aromatic amines is 1. The summed E-state index contributed by atoms with van der Waals surface area (Å²) in [7, 11) is 0. The van der Waals surface area contributed by atoms with E-state index in [2.05, 4.69) is 5.10 Å². The Hall–Kier alpha value is -3.49. The van der Waals surface area contributed by atoms with E-state index >= 15 is 0 Å². The van der Waals surface area contributed by atoms with Gasteiger partial charge in [-0.2, -0.15) is 23.1 Å². The minimum atomic E-state index is -4.82. The lowest BCUT2D eigenvalue weighted by Gasteiger charge is -2.14. The molecule has 13 heteroatoms. The van der Waals surface area contributed by atoms with Crippen LogP contribution in [0.2, 0.25) is 10.0 Å². The number of aromatic nitrogens is 3. The number of H-pyrrole nitrogens is 1. The third-order valence-electron chi connectivity index (χ3n) is 3.65. The van der Waals surface area contributed by atoms with E-state index in [0.717, 1.165) is 24.3 Å². The number of hydrogen-bond donors (Lipinski definition) is 2. The van der Waals surface area contributed by atoms with Gasteiger partial charge >= 0.3 is 11.9 Å². The van der Waals surface area contributed by atoms with Gasteiger partial charge in [0.1, 0.15) is 23.1 Å². The van der Waals surface area contributed by atoms with Crippen LogP contribution in [0.25, 0.3) is 5.69 Å². The van der Waals surface area contributed by atoms with Crippen LogP contribution in [-0.4, -0.2) is 19.9 Å². The maximum absolute atomic E-state index is 12.9. The Kier molecular flexibility index (Phi) is 5.47. The van der Waals surface area contributed by atoms with E-state index in [9.17, 15) is 27.9 Å². The molecular weight excluding hydrogens is 452 g/mol. The number of halogens is 5. The Bertz CT molecular complexity index is 1290. The highest BCUT2D eigenvalue weighted by Crippen LogP contribution is 2.41. The van der Waals surface area contributed by atoms with E-state index in [4.69, 9.17) is 33.2 Å². The van der Waals surface area contributed by atoms with Gasteiger partial charge in [-0.3, -0.25) is 9.78 Å². The van der Waals surface area contributed by atoms with Crippen molar-refractivity contribution < 1.29 is 23.0 Å². The quantitative estimate of drug-likeness (QED) is 0.618. The highest BCUT2D eigenvalue weighted by molar-refractivity contribution is 6.37. The molecular formula is C17H7Cl2F3N4O4. The molecule has 2 aromatic carbocycles. The zero-order valence-corrected chi connectivity index (χ0v) is 15.8. The molecule has 0 aliphatic heterocycles. The van der Waals surface area contributed by atoms with Crippen LogP contribution in [0.5, 0.6) is 17.2 Å². The van der Waals surface area contributed by atoms with Crippen LogP contribution in [-0.2, 0) is 6.18 Å². The Morgan fingerprint density at radius 3 is 2.37 bits per heavy atom. The summed E-state index contributed by atoms with van der Waals surface area (Å²) in [4.78, 5) is 25.3. The zero-order valence-electron chi connectivity index (χ0n) is 14.3. The molecule has 0 unspecified atom stereocenters. The predicted molar refractivity (Wildman–Crippen MR) is 98.4 cm³/mol. The van der Waals surface area contributed by atoms with Crippen molar-refractivity contribution in [1.82, 2.24) is 14.8 Å². The first-order chi connectivity index (χ1) is 14.0. The van der Waals surface area contributed by atoms with Crippen molar-refractivity contribution in [2.24, 2.45) is 0 Å². The molecule has 8 nitrogen and oxygen atoms in total.